The summed E-state index contributed by atoms with van der Waals surface area (Å²) < 4.78 is 0. The molecular weight excluding hydrogens is 152 g/mol. The van der Waals surface area contributed by atoms with E-state index in [1.807, 2.05) is 0 Å². The second-order valence-corrected chi connectivity index (χ2v) is 3.76. The van der Waals surface area contributed by atoms with E-state index in [1.54, 1.807) is 0 Å². The molecule has 0 aromatic heterocycles. The van der Waals surface area contributed by atoms with Crippen molar-refractivity contribution in [1.82, 2.24) is 0 Å². The molecule has 1 rings (SSSR count). The van der Waals surface area contributed by atoms with Gasteiger partial charge in [-0.25, -0.2) is 0 Å². The molecule has 0 fully saturated rings. The highest BCUT2D eigenvalue weighted by atomic mass is 32.1. The normalized spacial score (nSPS) is 22.7. The molecule has 0 bridgehead atoms. The maximum Gasteiger partial charge on any atom is 0.00421 e. The molecule has 11 heavy (non-hydrogen) atoms. The van der Waals surface area contributed by atoms with Gasteiger partial charge in [-0.1, -0.05) is 24.6 Å². The molecule has 0 amide bonds. The average Bonchev–Trinajstić information content (AvgIpc) is 2.43. The summed E-state index contributed by atoms with van der Waals surface area (Å²) in [4.78, 5) is 1.06. The van der Waals surface area contributed by atoms with Gasteiger partial charge in [0, 0.05) is 4.91 Å². The Hall–Kier alpha value is -0.430. The Morgan fingerprint density at radius 1 is 1.55 bits per heavy atom. The first-order valence-corrected chi connectivity index (χ1v) is 4.31. The minimum absolute atomic E-state index is 0.683. The van der Waals surface area contributed by atoms with Crippen molar-refractivity contribution < 1.29 is 0 Å². The van der Waals surface area contributed by atoms with Crippen LogP contribution in [0.1, 0.15) is 20.8 Å². The van der Waals surface area contributed by atoms with Crippen molar-refractivity contribution in [2.24, 2.45) is 5.92 Å². The molecule has 0 spiro atoms. The van der Waals surface area contributed by atoms with Crippen LogP contribution in [0, 0.1) is 5.92 Å². The molecule has 1 heteroatoms. The van der Waals surface area contributed by atoms with E-state index < -0.39 is 0 Å². The zero-order chi connectivity index (χ0) is 8.43. The summed E-state index contributed by atoms with van der Waals surface area (Å²) in [6.45, 7) is 6.35. The van der Waals surface area contributed by atoms with Gasteiger partial charge in [0.15, 0.2) is 0 Å². The zero-order valence-electron chi connectivity index (χ0n) is 7.26. The van der Waals surface area contributed by atoms with Gasteiger partial charge in [-0.2, -0.15) is 0 Å². The van der Waals surface area contributed by atoms with Crippen LogP contribution in [-0.2, 0) is 0 Å². The molecule has 0 radical (unpaired) electrons. The lowest BCUT2D eigenvalue weighted by molar-refractivity contribution is 1.05. The molecule has 0 saturated carbocycles. The smallest absolute Gasteiger partial charge is 0.00421 e. The van der Waals surface area contributed by atoms with Crippen LogP contribution >= 0.6 is 12.6 Å². The minimum Gasteiger partial charge on any atom is -0.143 e. The highest BCUT2D eigenvalue weighted by molar-refractivity contribution is 7.84. The fraction of sp³-hybridized carbons (Fsp3) is 0.400. The van der Waals surface area contributed by atoms with Gasteiger partial charge in [-0.3, -0.25) is 0 Å². The van der Waals surface area contributed by atoms with Crippen LogP contribution in [-0.4, -0.2) is 0 Å². The van der Waals surface area contributed by atoms with E-state index in [2.05, 4.69) is 51.6 Å². The van der Waals surface area contributed by atoms with E-state index in [4.69, 9.17) is 0 Å². The number of thiol groups is 1. The van der Waals surface area contributed by atoms with Gasteiger partial charge in [-0.05, 0) is 31.4 Å². The predicted molar refractivity (Wildman–Crippen MR) is 53.7 cm³/mol. The summed E-state index contributed by atoms with van der Waals surface area (Å²) in [5.41, 5.74) is 2.70. The Balaban J connectivity index is 2.54. The lowest BCUT2D eigenvalue weighted by Gasteiger charge is -1.91. The summed E-state index contributed by atoms with van der Waals surface area (Å²) in [7, 11) is 0. The highest BCUT2D eigenvalue weighted by Crippen LogP contribution is 2.30. The molecule has 0 aliphatic heterocycles. The first-order chi connectivity index (χ1) is 5.09. The van der Waals surface area contributed by atoms with Crippen molar-refractivity contribution in [3.63, 3.8) is 0 Å². The van der Waals surface area contributed by atoms with E-state index in [0.717, 1.165) is 4.91 Å². The molecule has 0 heterocycles. The Morgan fingerprint density at radius 3 is 2.45 bits per heavy atom. The van der Waals surface area contributed by atoms with Gasteiger partial charge in [0.25, 0.3) is 0 Å². The molecular formula is C10H14S. The summed E-state index contributed by atoms with van der Waals surface area (Å²) in [6.07, 6.45) is 6.44. The molecule has 1 aliphatic rings. The molecule has 60 valence electrons. The van der Waals surface area contributed by atoms with E-state index in [-0.39, 0.29) is 0 Å². The van der Waals surface area contributed by atoms with Crippen LogP contribution < -0.4 is 0 Å². The third-order valence-electron chi connectivity index (χ3n) is 1.61. The van der Waals surface area contributed by atoms with Crippen molar-refractivity contribution in [3.05, 3.63) is 34.3 Å². The zero-order valence-corrected chi connectivity index (χ0v) is 8.15. The van der Waals surface area contributed by atoms with Crippen LogP contribution in [0.25, 0.3) is 0 Å². The van der Waals surface area contributed by atoms with Crippen LogP contribution in [0.5, 0.6) is 0 Å². The Bertz CT molecular complexity index is 240. The molecule has 1 unspecified atom stereocenters. The average molecular weight is 166 g/mol. The Labute approximate surface area is 74.1 Å². The number of allylic oxidation sites excluding steroid dienone is 5. The Morgan fingerprint density at radius 2 is 2.09 bits per heavy atom. The van der Waals surface area contributed by atoms with Crippen LogP contribution in [0.15, 0.2) is 34.3 Å². The van der Waals surface area contributed by atoms with E-state index >= 15 is 0 Å². The first kappa shape index (κ1) is 8.66. The van der Waals surface area contributed by atoms with Crippen molar-refractivity contribution in [2.45, 2.75) is 20.8 Å². The fourth-order valence-corrected chi connectivity index (χ4v) is 1.34. The summed E-state index contributed by atoms with van der Waals surface area (Å²) in [5, 5.41) is 0. The van der Waals surface area contributed by atoms with E-state index in [0.29, 0.717) is 5.92 Å². The predicted octanol–water partition coefficient (Wildman–Crippen LogP) is 3.34. The van der Waals surface area contributed by atoms with Gasteiger partial charge in [0.1, 0.15) is 0 Å². The standard InChI is InChI=1S/C10H14S/c1-7(2)4-10(11)6-9-5-8(9)3/h4-6,8,11H,1-3H3/b10-6+. The van der Waals surface area contributed by atoms with Gasteiger partial charge in [0.2, 0.25) is 0 Å². The molecule has 1 aliphatic carbocycles. The van der Waals surface area contributed by atoms with Gasteiger partial charge in [-0.15, -0.1) is 12.6 Å². The second kappa shape index (κ2) is 3.31. The largest absolute Gasteiger partial charge is 0.143 e. The molecule has 0 aromatic rings. The van der Waals surface area contributed by atoms with Gasteiger partial charge < -0.3 is 0 Å². The quantitative estimate of drug-likeness (QED) is 0.472. The molecule has 0 saturated heterocycles. The number of hydrogen-bond donors (Lipinski definition) is 1. The maximum atomic E-state index is 4.33. The van der Waals surface area contributed by atoms with Crippen LogP contribution in [0.3, 0.4) is 0 Å². The topological polar surface area (TPSA) is 0 Å². The number of hydrogen-bond acceptors (Lipinski definition) is 1. The molecule has 1 atom stereocenters. The van der Waals surface area contributed by atoms with Crippen molar-refractivity contribution in [2.75, 3.05) is 0 Å². The van der Waals surface area contributed by atoms with Gasteiger partial charge >= 0.3 is 0 Å². The monoisotopic (exact) mass is 166 g/mol. The highest BCUT2D eigenvalue weighted by Gasteiger charge is 2.15. The fourth-order valence-electron chi connectivity index (χ4n) is 0.928. The first-order valence-electron chi connectivity index (χ1n) is 3.87. The lowest BCUT2D eigenvalue weighted by atomic mass is 10.2. The molecule has 0 aromatic carbocycles. The van der Waals surface area contributed by atoms with E-state index in [9.17, 15) is 0 Å². The van der Waals surface area contributed by atoms with Crippen molar-refractivity contribution >= 4 is 12.6 Å². The summed E-state index contributed by atoms with van der Waals surface area (Å²) >= 11 is 4.33. The Kier molecular flexibility index (Phi) is 2.61. The van der Waals surface area contributed by atoms with Crippen LogP contribution in [0.4, 0.5) is 0 Å². The van der Waals surface area contributed by atoms with Crippen LogP contribution in [0.2, 0.25) is 0 Å². The third kappa shape index (κ3) is 2.98. The molecule has 0 N–H and O–H groups in total. The minimum atomic E-state index is 0.683. The van der Waals surface area contributed by atoms with Crippen molar-refractivity contribution in [1.29, 1.82) is 0 Å². The maximum absolute atomic E-state index is 4.33. The summed E-state index contributed by atoms with van der Waals surface area (Å²) in [6, 6.07) is 0. The lowest BCUT2D eigenvalue weighted by Crippen LogP contribution is -1.70. The summed E-state index contributed by atoms with van der Waals surface area (Å²) in [5.74, 6) is 0.683. The van der Waals surface area contributed by atoms with Gasteiger partial charge in [0.05, 0.1) is 0 Å². The van der Waals surface area contributed by atoms with E-state index in [1.165, 1.54) is 11.1 Å². The SMILES string of the molecule is CC(C)=C/C(S)=C\C1=CC1C. The third-order valence-corrected chi connectivity index (χ3v) is 1.87. The van der Waals surface area contributed by atoms with Crippen molar-refractivity contribution in [3.8, 4) is 0 Å². The number of rotatable bonds is 2. The second-order valence-electron chi connectivity index (χ2n) is 3.25. The molecule has 0 nitrogen and oxygen atoms in total.